The SMILES string of the molecule is O=C(O)C(c1ccc(C(F)F)cc1)N1CCCCCC1. The fraction of sp³-hybridized carbons (Fsp3) is 0.533. The van der Waals surface area contributed by atoms with Crippen LogP contribution in [0.15, 0.2) is 24.3 Å². The molecule has 1 atom stereocenters. The molecule has 20 heavy (non-hydrogen) atoms. The topological polar surface area (TPSA) is 40.5 Å². The van der Waals surface area contributed by atoms with Crippen LogP contribution >= 0.6 is 0 Å². The molecule has 0 spiro atoms. The molecule has 1 aliphatic heterocycles. The van der Waals surface area contributed by atoms with Crippen molar-refractivity contribution >= 4 is 5.97 Å². The standard InChI is InChI=1S/C15H19F2NO2/c16-14(17)12-7-5-11(6-8-12)13(15(19)20)18-9-3-1-2-4-10-18/h5-8,13-14H,1-4,9-10H2,(H,19,20). The number of carboxylic acid groups (broad SMARTS) is 1. The van der Waals surface area contributed by atoms with Gasteiger partial charge in [-0.25, -0.2) is 8.78 Å². The molecule has 0 radical (unpaired) electrons. The van der Waals surface area contributed by atoms with Crippen molar-refractivity contribution in [1.82, 2.24) is 4.90 Å². The van der Waals surface area contributed by atoms with Gasteiger partial charge in [-0.3, -0.25) is 9.69 Å². The first-order valence-electron chi connectivity index (χ1n) is 6.94. The molecule has 0 amide bonds. The average molecular weight is 283 g/mol. The van der Waals surface area contributed by atoms with E-state index in [1.165, 1.54) is 24.3 Å². The molecule has 1 aliphatic rings. The molecule has 1 N–H and O–H groups in total. The number of halogens is 2. The third-order valence-corrected chi connectivity index (χ3v) is 3.74. The van der Waals surface area contributed by atoms with Crippen molar-refractivity contribution in [2.24, 2.45) is 0 Å². The lowest BCUT2D eigenvalue weighted by atomic mass is 10.0. The summed E-state index contributed by atoms with van der Waals surface area (Å²) in [4.78, 5) is 13.5. The van der Waals surface area contributed by atoms with Crippen molar-refractivity contribution in [2.75, 3.05) is 13.1 Å². The van der Waals surface area contributed by atoms with Crippen molar-refractivity contribution in [2.45, 2.75) is 38.2 Å². The molecule has 0 saturated carbocycles. The van der Waals surface area contributed by atoms with E-state index in [0.29, 0.717) is 5.56 Å². The summed E-state index contributed by atoms with van der Waals surface area (Å²) in [7, 11) is 0. The Balaban J connectivity index is 2.21. The van der Waals surface area contributed by atoms with Crippen LogP contribution in [0.4, 0.5) is 8.78 Å². The van der Waals surface area contributed by atoms with E-state index in [0.717, 1.165) is 38.8 Å². The minimum atomic E-state index is -2.52. The first kappa shape index (κ1) is 14.9. The molecule has 0 bridgehead atoms. The Morgan fingerprint density at radius 3 is 1.95 bits per heavy atom. The maximum Gasteiger partial charge on any atom is 0.325 e. The summed E-state index contributed by atoms with van der Waals surface area (Å²) in [5, 5.41) is 9.46. The van der Waals surface area contributed by atoms with Crippen molar-refractivity contribution < 1.29 is 18.7 Å². The van der Waals surface area contributed by atoms with E-state index < -0.39 is 18.4 Å². The highest BCUT2D eigenvalue weighted by Crippen LogP contribution is 2.27. The van der Waals surface area contributed by atoms with Crippen molar-refractivity contribution in [3.05, 3.63) is 35.4 Å². The number of benzene rings is 1. The first-order chi connectivity index (χ1) is 9.59. The van der Waals surface area contributed by atoms with Gasteiger partial charge in [-0.15, -0.1) is 0 Å². The summed E-state index contributed by atoms with van der Waals surface area (Å²) < 4.78 is 25.1. The minimum Gasteiger partial charge on any atom is -0.480 e. The molecule has 1 saturated heterocycles. The van der Waals surface area contributed by atoms with E-state index >= 15 is 0 Å². The summed E-state index contributed by atoms with van der Waals surface area (Å²) >= 11 is 0. The fourth-order valence-electron chi connectivity index (χ4n) is 2.69. The molecule has 1 aromatic carbocycles. The monoisotopic (exact) mass is 283 g/mol. The Morgan fingerprint density at radius 1 is 1.00 bits per heavy atom. The van der Waals surface area contributed by atoms with Crippen LogP contribution in [0.25, 0.3) is 0 Å². The van der Waals surface area contributed by atoms with Gasteiger partial charge in [0, 0.05) is 5.56 Å². The zero-order chi connectivity index (χ0) is 14.5. The molecule has 0 aliphatic carbocycles. The quantitative estimate of drug-likeness (QED) is 0.917. The molecule has 1 aromatic rings. The number of alkyl halides is 2. The van der Waals surface area contributed by atoms with Crippen LogP contribution in [-0.4, -0.2) is 29.1 Å². The number of likely N-dealkylation sites (tertiary alicyclic amines) is 1. The number of hydrogen-bond donors (Lipinski definition) is 1. The van der Waals surface area contributed by atoms with Crippen molar-refractivity contribution in [1.29, 1.82) is 0 Å². The third-order valence-electron chi connectivity index (χ3n) is 3.74. The maximum atomic E-state index is 12.5. The Morgan fingerprint density at radius 2 is 1.50 bits per heavy atom. The lowest BCUT2D eigenvalue weighted by Gasteiger charge is -2.27. The van der Waals surface area contributed by atoms with Gasteiger partial charge in [0.05, 0.1) is 0 Å². The summed E-state index contributed by atoms with van der Waals surface area (Å²) in [6.45, 7) is 1.49. The Hall–Kier alpha value is -1.49. The predicted molar refractivity (Wildman–Crippen MR) is 71.8 cm³/mol. The number of hydrogen-bond acceptors (Lipinski definition) is 2. The molecule has 1 unspecified atom stereocenters. The smallest absolute Gasteiger partial charge is 0.325 e. The third kappa shape index (κ3) is 3.54. The van der Waals surface area contributed by atoms with Crippen LogP contribution < -0.4 is 0 Å². The molecule has 2 rings (SSSR count). The van der Waals surface area contributed by atoms with Crippen LogP contribution in [0.2, 0.25) is 0 Å². The summed E-state index contributed by atoms with van der Waals surface area (Å²) in [6.07, 6.45) is 1.68. The number of carbonyl (C=O) groups is 1. The summed E-state index contributed by atoms with van der Waals surface area (Å²) in [5.41, 5.74) is 0.498. The lowest BCUT2D eigenvalue weighted by molar-refractivity contribution is -0.143. The second-order valence-electron chi connectivity index (χ2n) is 5.16. The van der Waals surface area contributed by atoms with E-state index in [-0.39, 0.29) is 5.56 Å². The normalized spacial score (nSPS) is 18.8. The molecule has 1 heterocycles. The second kappa shape index (κ2) is 6.79. The maximum absolute atomic E-state index is 12.5. The van der Waals surface area contributed by atoms with E-state index in [1.807, 2.05) is 4.90 Å². The van der Waals surface area contributed by atoms with Crippen LogP contribution in [-0.2, 0) is 4.79 Å². The minimum absolute atomic E-state index is 0.0752. The van der Waals surface area contributed by atoms with Crippen LogP contribution in [0.1, 0.15) is 49.3 Å². The summed E-state index contributed by atoms with van der Waals surface area (Å²) in [5.74, 6) is -0.920. The molecular weight excluding hydrogens is 264 g/mol. The molecule has 110 valence electrons. The highest BCUT2D eigenvalue weighted by Gasteiger charge is 2.27. The Kier molecular flexibility index (Phi) is 5.06. The van der Waals surface area contributed by atoms with E-state index in [9.17, 15) is 18.7 Å². The number of rotatable bonds is 4. The van der Waals surface area contributed by atoms with Gasteiger partial charge in [0.2, 0.25) is 0 Å². The molecular formula is C15H19F2NO2. The van der Waals surface area contributed by atoms with Gasteiger partial charge < -0.3 is 5.11 Å². The van der Waals surface area contributed by atoms with Crippen molar-refractivity contribution in [3.8, 4) is 0 Å². The van der Waals surface area contributed by atoms with Crippen LogP contribution in [0.5, 0.6) is 0 Å². The van der Waals surface area contributed by atoms with Gasteiger partial charge in [0.15, 0.2) is 0 Å². The highest BCUT2D eigenvalue weighted by molar-refractivity contribution is 5.75. The van der Waals surface area contributed by atoms with Crippen LogP contribution in [0.3, 0.4) is 0 Å². The highest BCUT2D eigenvalue weighted by atomic mass is 19.3. The summed E-state index contributed by atoms with van der Waals surface area (Å²) in [6, 6.07) is 4.90. The average Bonchev–Trinajstić information content (AvgIpc) is 2.68. The lowest BCUT2D eigenvalue weighted by Crippen LogP contribution is -2.34. The zero-order valence-electron chi connectivity index (χ0n) is 11.3. The zero-order valence-corrected chi connectivity index (χ0v) is 11.3. The Bertz CT molecular complexity index is 440. The van der Waals surface area contributed by atoms with Gasteiger partial charge in [0.1, 0.15) is 6.04 Å². The predicted octanol–water partition coefficient (Wildman–Crippen LogP) is 3.63. The molecule has 5 heteroatoms. The van der Waals surface area contributed by atoms with Gasteiger partial charge in [-0.2, -0.15) is 0 Å². The Labute approximate surface area is 117 Å². The number of nitrogens with zero attached hydrogens (tertiary/aromatic N) is 1. The van der Waals surface area contributed by atoms with E-state index in [2.05, 4.69) is 0 Å². The van der Waals surface area contributed by atoms with Gasteiger partial charge >= 0.3 is 5.97 Å². The second-order valence-corrected chi connectivity index (χ2v) is 5.16. The van der Waals surface area contributed by atoms with E-state index in [1.54, 1.807) is 0 Å². The fourth-order valence-corrected chi connectivity index (χ4v) is 2.69. The molecule has 3 nitrogen and oxygen atoms in total. The number of aliphatic carboxylic acids is 1. The van der Waals surface area contributed by atoms with Gasteiger partial charge in [-0.05, 0) is 31.5 Å². The largest absolute Gasteiger partial charge is 0.480 e. The van der Waals surface area contributed by atoms with E-state index in [4.69, 9.17) is 0 Å². The van der Waals surface area contributed by atoms with Crippen LogP contribution in [0, 0.1) is 0 Å². The number of carboxylic acids is 1. The van der Waals surface area contributed by atoms with Crippen molar-refractivity contribution in [3.63, 3.8) is 0 Å². The van der Waals surface area contributed by atoms with Gasteiger partial charge in [0.25, 0.3) is 6.43 Å². The first-order valence-corrected chi connectivity index (χ1v) is 6.94. The van der Waals surface area contributed by atoms with Gasteiger partial charge in [-0.1, -0.05) is 37.1 Å². The molecule has 1 fully saturated rings. The molecule has 0 aromatic heterocycles.